The zero-order valence-electron chi connectivity index (χ0n) is 10.3. The second kappa shape index (κ2) is 4.27. The van der Waals surface area contributed by atoms with Crippen LogP contribution in [0.3, 0.4) is 0 Å². The number of pyridine rings is 1. The molecule has 0 aliphatic heterocycles. The molecule has 0 N–H and O–H groups in total. The highest BCUT2D eigenvalue weighted by Gasteiger charge is 2.12. The van der Waals surface area contributed by atoms with Gasteiger partial charge in [-0.05, 0) is 30.3 Å². The van der Waals surface area contributed by atoms with E-state index in [1.165, 1.54) is 0 Å². The van der Waals surface area contributed by atoms with Gasteiger partial charge in [-0.15, -0.1) is 5.10 Å². The summed E-state index contributed by atoms with van der Waals surface area (Å²) in [6.45, 7) is 0. The van der Waals surface area contributed by atoms with Crippen LogP contribution >= 0.6 is 0 Å². The van der Waals surface area contributed by atoms with Gasteiger partial charge in [-0.3, -0.25) is 4.98 Å². The quantitative estimate of drug-likeness (QED) is 0.555. The summed E-state index contributed by atoms with van der Waals surface area (Å²) in [5.74, 6) is 1.84. The Morgan fingerprint density at radius 1 is 1.05 bits per heavy atom. The normalized spacial score (nSPS) is 11.0. The molecular formula is C14H9N5O. The first kappa shape index (κ1) is 10.9. The fourth-order valence-corrected chi connectivity index (χ4v) is 2.02. The third-order valence-electron chi connectivity index (χ3n) is 2.93. The first-order valence-corrected chi connectivity index (χ1v) is 6.08. The van der Waals surface area contributed by atoms with Crippen LogP contribution < -0.4 is 0 Å². The molecule has 0 aliphatic rings. The van der Waals surface area contributed by atoms with Gasteiger partial charge in [-0.1, -0.05) is 0 Å². The SMILES string of the molecule is c1cncc(-c2nc3nccc(-c4ccco4)n3n2)c1. The summed E-state index contributed by atoms with van der Waals surface area (Å²) < 4.78 is 7.08. The second-order valence-electron chi connectivity index (χ2n) is 4.20. The highest BCUT2D eigenvalue weighted by Crippen LogP contribution is 2.21. The molecule has 6 nitrogen and oxygen atoms in total. The van der Waals surface area contributed by atoms with Gasteiger partial charge in [0.25, 0.3) is 5.78 Å². The molecule has 0 saturated carbocycles. The van der Waals surface area contributed by atoms with E-state index in [0.717, 1.165) is 17.0 Å². The Labute approximate surface area is 113 Å². The molecule has 0 unspecified atom stereocenters. The van der Waals surface area contributed by atoms with Crippen LogP contribution in [0.2, 0.25) is 0 Å². The Hall–Kier alpha value is -3.02. The van der Waals surface area contributed by atoms with Gasteiger partial charge in [-0.25, -0.2) is 4.98 Å². The summed E-state index contributed by atoms with van der Waals surface area (Å²) in [5.41, 5.74) is 1.66. The third kappa shape index (κ3) is 1.66. The van der Waals surface area contributed by atoms with Gasteiger partial charge in [0.15, 0.2) is 11.6 Å². The van der Waals surface area contributed by atoms with Gasteiger partial charge in [0.1, 0.15) is 5.69 Å². The highest BCUT2D eigenvalue weighted by molar-refractivity contribution is 5.59. The number of hydrogen-bond donors (Lipinski definition) is 0. The fourth-order valence-electron chi connectivity index (χ4n) is 2.02. The van der Waals surface area contributed by atoms with E-state index in [1.54, 1.807) is 29.4 Å². The molecule has 4 aromatic rings. The monoisotopic (exact) mass is 263 g/mol. The molecular weight excluding hydrogens is 254 g/mol. The molecule has 4 heterocycles. The third-order valence-corrected chi connectivity index (χ3v) is 2.93. The summed E-state index contributed by atoms with van der Waals surface area (Å²) in [7, 11) is 0. The van der Waals surface area contributed by atoms with Crippen molar-refractivity contribution in [3.63, 3.8) is 0 Å². The van der Waals surface area contributed by atoms with Crippen LogP contribution in [0.4, 0.5) is 0 Å². The van der Waals surface area contributed by atoms with Crippen LogP contribution in [-0.2, 0) is 0 Å². The van der Waals surface area contributed by atoms with Crippen LogP contribution in [0.1, 0.15) is 0 Å². The average Bonchev–Trinajstić information content (AvgIpc) is 3.17. The first-order valence-electron chi connectivity index (χ1n) is 6.08. The maximum atomic E-state index is 5.41. The van der Waals surface area contributed by atoms with Gasteiger partial charge in [0.05, 0.1) is 6.26 Å². The maximum absolute atomic E-state index is 5.41. The fraction of sp³-hybridized carbons (Fsp3) is 0. The second-order valence-corrected chi connectivity index (χ2v) is 4.20. The lowest BCUT2D eigenvalue weighted by Crippen LogP contribution is -1.94. The minimum atomic E-state index is 0.526. The standard InChI is InChI=1S/C14H9N5O/c1-3-10(9-15-6-1)13-17-14-16-7-5-11(19(14)18-13)12-4-2-8-20-12/h1-9H. The lowest BCUT2D eigenvalue weighted by molar-refractivity contribution is 0.577. The molecule has 4 rings (SSSR count). The van der Waals surface area contributed by atoms with Crippen molar-refractivity contribution in [2.24, 2.45) is 0 Å². The molecule has 0 saturated heterocycles. The van der Waals surface area contributed by atoms with Crippen molar-refractivity contribution >= 4 is 5.78 Å². The molecule has 6 heteroatoms. The molecule has 0 spiro atoms. The molecule has 0 amide bonds. The predicted molar refractivity (Wildman–Crippen MR) is 71.7 cm³/mol. The Kier molecular flexibility index (Phi) is 2.32. The average molecular weight is 263 g/mol. The maximum Gasteiger partial charge on any atom is 0.253 e. The van der Waals surface area contributed by atoms with E-state index in [1.807, 2.05) is 30.3 Å². The van der Waals surface area contributed by atoms with Crippen molar-refractivity contribution in [2.45, 2.75) is 0 Å². The number of aromatic nitrogens is 5. The predicted octanol–water partition coefficient (Wildman–Crippen LogP) is 2.45. The van der Waals surface area contributed by atoms with Crippen LogP contribution in [-0.4, -0.2) is 24.6 Å². The molecule has 0 aromatic carbocycles. The van der Waals surface area contributed by atoms with Crippen molar-refractivity contribution in [1.29, 1.82) is 0 Å². The van der Waals surface area contributed by atoms with Crippen LogP contribution in [0.5, 0.6) is 0 Å². The Bertz CT molecular complexity index is 852. The highest BCUT2D eigenvalue weighted by atomic mass is 16.3. The molecule has 0 aliphatic carbocycles. The zero-order valence-corrected chi connectivity index (χ0v) is 10.3. The number of nitrogens with zero attached hydrogens (tertiary/aromatic N) is 5. The summed E-state index contributed by atoms with van der Waals surface area (Å²) in [6, 6.07) is 9.31. The van der Waals surface area contributed by atoms with E-state index >= 15 is 0 Å². The minimum Gasteiger partial charge on any atom is -0.463 e. The molecule has 0 atom stereocenters. The lowest BCUT2D eigenvalue weighted by atomic mass is 10.3. The van der Waals surface area contributed by atoms with Gasteiger partial charge >= 0.3 is 0 Å². The van der Waals surface area contributed by atoms with Crippen LogP contribution in [0.15, 0.2) is 59.6 Å². The largest absolute Gasteiger partial charge is 0.463 e. The van der Waals surface area contributed by atoms with Crippen molar-refractivity contribution in [3.05, 3.63) is 55.2 Å². The van der Waals surface area contributed by atoms with Crippen molar-refractivity contribution < 1.29 is 4.42 Å². The number of fused-ring (bicyclic) bond motifs is 1. The summed E-state index contributed by atoms with van der Waals surface area (Å²) in [5, 5.41) is 4.48. The molecule has 0 bridgehead atoms. The summed E-state index contributed by atoms with van der Waals surface area (Å²) >= 11 is 0. The number of furan rings is 1. The van der Waals surface area contributed by atoms with E-state index in [-0.39, 0.29) is 0 Å². The Morgan fingerprint density at radius 3 is 2.85 bits per heavy atom. The molecule has 0 fully saturated rings. The lowest BCUT2D eigenvalue weighted by Gasteiger charge is -1.98. The van der Waals surface area contributed by atoms with Crippen molar-refractivity contribution in [3.8, 4) is 22.8 Å². The smallest absolute Gasteiger partial charge is 0.253 e. The van der Waals surface area contributed by atoms with Crippen molar-refractivity contribution in [1.82, 2.24) is 24.6 Å². The topological polar surface area (TPSA) is 69.1 Å². The molecule has 0 radical (unpaired) electrons. The first-order chi connectivity index (χ1) is 9.92. The van der Waals surface area contributed by atoms with Gasteiger partial charge in [0, 0.05) is 24.2 Å². The Morgan fingerprint density at radius 2 is 2.05 bits per heavy atom. The molecule has 96 valence electrons. The van der Waals surface area contributed by atoms with Crippen LogP contribution in [0, 0.1) is 0 Å². The summed E-state index contributed by atoms with van der Waals surface area (Å²) in [6.07, 6.45) is 6.75. The number of rotatable bonds is 2. The van der Waals surface area contributed by atoms with E-state index < -0.39 is 0 Å². The van der Waals surface area contributed by atoms with E-state index in [4.69, 9.17) is 4.42 Å². The van der Waals surface area contributed by atoms with Gasteiger partial charge in [0.2, 0.25) is 0 Å². The number of hydrogen-bond acceptors (Lipinski definition) is 5. The van der Waals surface area contributed by atoms with E-state index in [9.17, 15) is 0 Å². The summed E-state index contributed by atoms with van der Waals surface area (Å²) in [4.78, 5) is 12.7. The van der Waals surface area contributed by atoms with E-state index in [2.05, 4.69) is 20.1 Å². The van der Waals surface area contributed by atoms with Crippen molar-refractivity contribution in [2.75, 3.05) is 0 Å². The molecule has 20 heavy (non-hydrogen) atoms. The zero-order chi connectivity index (χ0) is 13.4. The van der Waals surface area contributed by atoms with E-state index in [0.29, 0.717) is 11.6 Å². The Balaban J connectivity index is 1.94. The van der Waals surface area contributed by atoms with Gasteiger partial charge in [-0.2, -0.15) is 9.50 Å². The molecule has 4 aromatic heterocycles. The minimum absolute atomic E-state index is 0.526. The van der Waals surface area contributed by atoms with Gasteiger partial charge < -0.3 is 4.42 Å². The van der Waals surface area contributed by atoms with Crippen LogP contribution in [0.25, 0.3) is 28.6 Å².